The first-order valence-electron chi connectivity index (χ1n) is 2.18. The summed E-state index contributed by atoms with van der Waals surface area (Å²) in [6, 6.07) is 0. The van der Waals surface area contributed by atoms with E-state index in [2.05, 4.69) is 15.9 Å². The van der Waals surface area contributed by atoms with Crippen LogP contribution in [-0.4, -0.2) is 5.33 Å². The number of halogens is 1. The Bertz CT molecular complexity index is 64.6. The molecule has 0 aliphatic heterocycles. The maximum Gasteiger partial charge on any atom is 0.00660 e. The largest absolute Gasteiger partial charge is 0.0925 e. The van der Waals surface area contributed by atoms with E-state index in [1.807, 2.05) is 12.2 Å². The van der Waals surface area contributed by atoms with Gasteiger partial charge < -0.3 is 0 Å². The van der Waals surface area contributed by atoms with Crippen LogP contribution in [0.25, 0.3) is 0 Å². The lowest BCUT2D eigenvalue weighted by atomic mass is 10.4. The van der Waals surface area contributed by atoms with E-state index in [1.165, 1.54) is 6.08 Å². The third-order valence-electron chi connectivity index (χ3n) is 0.523. The monoisotopic (exact) mass is 159 g/mol. The van der Waals surface area contributed by atoms with Crippen LogP contribution in [0.1, 0.15) is 6.42 Å². The highest BCUT2D eigenvalue weighted by atomic mass is 79.9. The molecule has 0 aromatic heterocycles. The molecule has 0 bridgehead atoms. The van der Waals surface area contributed by atoms with Crippen LogP contribution in [0, 0.1) is 6.58 Å². The molecule has 0 nitrogen and oxygen atoms in total. The fourth-order valence-electron chi connectivity index (χ4n) is 0.238. The third-order valence-corrected chi connectivity index (χ3v) is 0.981. The van der Waals surface area contributed by atoms with E-state index in [9.17, 15) is 0 Å². The quantitative estimate of drug-likeness (QED) is 0.439. The summed E-state index contributed by atoms with van der Waals surface area (Å²) in [5.41, 5.74) is 0. The van der Waals surface area contributed by atoms with Crippen molar-refractivity contribution in [3.05, 3.63) is 24.8 Å². The van der Waals surface area contributed by atoms with Gasteiger partial charge in [-0.3, -0.25) is 0 Å². The number of hydrogen-bond donors (Lipinski definition) is 0. The molecule has 0 aromatic rings. The lowest BCUT2D eigenvalue weighted by Gasteiger charge is -1.75. The Balaban J connectivity index is 2.92. The van der Waals surface area contributed by atoms with Crippen molar-refractivity contribution in [2.75, 3.05) is 5.33 Å². The van der Waals surface area contributed by atoms with Gasteiger partial charge >= 0.3 is 0 Å². The first kappa shape index (κ1) is 6.96. The first-order chi connectivity index (χ1) is 3.41. The molecule has 39 valence electrons. The molecule has 0 N–H and O–H groups in total. The maximum atomic E-state index is 5.04. The number of hydrogen-bond acceptors (Lipinski definition) is 0. The summed E-state index contributed by atoms with van der Waals surface area (Å²) in [5, 5.41) is 1.01. The minimum absolute atomic E-state index is 1.01. The average molecular weight is 160 g/mol. The number of allylic oxidation sites excluding steroid dienone is 3. The normalized spacial score (nSPS) is 9.86. The molecule has 0 heterocycles. The Morgan fingerprint density at radius 3 is 2.71 bits per heavy atom. The van der Waals surface area contributed by atoms with Crippen LogP contribution in [0.3, 0.4) is 0 Å². The van der Waals surface area contributed by atoms with Crippen LogP contribution in [-0.2, 0) is 0 Å². The highest BCUT2D eigenvalue weighted by Gasteiger charge is 1.67. The number of alkyl halides is 1. The molecule has 7 heavy (non-hydrogen) atoms. The van der Waals surface area contributed by atoms with Crippen molar-refractivity contribution < 1.29 is 0 Å². The SMILES string of the molecule is [CH]=CC=CCCBr. The zero-order valence-electron chi connectivity index (χ0n) is 4.10. The summed E-state index contributed by atoms with van der Waals surface area (Å²) in [6.45, 7) is 5.04. The molecule has 0 spiro atoms. The van der Waals surface area contributed by atoms with Crippen LogP contribution >= 0.6 is 15.9 Å². The van der Waals surface area contributed by atoms with Crippen molar-refractivity contribution >= 4 is 15.9 Å². The molecule has 0 aliphatic carbocycles. The van der Waals surface area contributed by atoms with Gasteiger partial charge in [-0.25, -0.2) is 0 Å². The standard InChI is InChI=1S/C6H8Br/c1-2-3-4-5-6-7/h1-4H,5-6H2. The Morgan fingerprint density at radius 1 is 1.57 bits per heavy atom. The van der Waals surface area contributed by atoms with Crippen molar-refractivity contribution in [2.24, 2.45) is 0 Å². The van der Waals surface area contributed by atoms with E-state index in [1.54, 1.807) is 0 Å². The second-order valence-electron chi connectivity index (χ2n) is 1.10. The van der Waals surface area contributed by atoms with Crippen LogP contribution in [0.4, 0.5) is 0 Å². The zero-order valence-corrected chi connectivity index (χ0v) is 5.69. The van der Waals surface area contributed by atoms with Crippen molar-refractivity contribution in [1.82, 2.24) is 0 Å². The molecule has 0 fully saturated rings. The molecule has 0 aliphatic rings. The van der Waals surface area contributed by atoms with Gasteiger partial charge in [-0.1, -0.05) is 40.7 Å². The fraction of sp³-hybridized carbons (Fsp3) is 0.333. The summed E-state index contributed by atoms with van der Waals surface area (Å²) < 4.78 is 0. The second-order valence-corrected chi connectivity index (χ2v) is 1.89. The summed E-state index contributed by atoms with van der Waals surface area (Å²) in [4.78, 5) is 0. The van der Waals surface area contributed by atoms with E-state index in [4.69, 9.17) is 6.58 Å². The van der Waals surface area contributed by atoms with Gasteiger partial charge in [0.25, 0.3) is 0 Å². The van der Waals surface area contributed by atoms with E-state index in [0.717, 1.165) is 11.8 Å². The molecule has 0 rings (SSSR count). The van der Waals surface area contributed by atoms with Crippen LogP contribution in [0.15, 0.2) is 18.2 Å². The molecule has 0 saturated heterocycles. The van der Waals surface area contributed by atoms with Gasteiger partial charge in [0.05, 0.1) is 0 Å². The lowest BCUT2D eigenvalue weighted by Crippen LogP contribution is -1.61. The highest BCUT2D eigenvalue weighted by Crippen LogP contribution is 1.87. The molecular formula is C6H8Br. The summed E-state index contributed by atoms with van der Waals surface area (Å²) in [6.07, 6.45) is 6.42. The lowest BCUT2D eigenvalue weighted by molar-refractivity contribution is 1.26. The van der Waals surface area contributed by atoms with Gasteiger partial charge in [0, 0.05) is 5.33 Å². The average Bonchev–Trinajstić information content (AvgIpc) is 1.69. The van der Waals surface area contributed by atoms with Crippen molar-refractivity contribution in [3.63, 3.8) is 0 Å². The van der Waals surface area contributed by atoms with E-state index < -0.39 is 0 Å². The minimum atomic E-state index is 1.01. The molecule has 0 atom stereocenters. The van der Waals surface area contributed by atoms with Crippen molar-refractivity contribution in [3.8, 4) is 0 Å². The highest BCUT2D eigenvalue weighted by molar-refractivity contribution is 9.09. The smallest absolute Gasteiger partial charge is 0.00660 e. The molecular weight excluding hydrogens is 152 g/mol. The molecule has 1 radical (unpaired) electrons. The Labute approximate surface area is 53.1 Å². The van der Waals surface area contributed by atoms with Gasteiger partial charge in [-0.15, -0.1) is 0 Å². The van der Waals surface area contributed by atoms with Crippen molar-refractivity contribution in [2.45, 2.75) is 6.42 Å². The van der Waals surface area contributed by atoms with E-state index >= 15 is 0 Å². The number of rotatable bonds is 3. The molecule has 0 amide bonds. The van der Waals surface area contributed by atoms with Gasteiger partial charge in [-0.2, -0.15) is 0 Å². The molecule has 0 aromatic carbocycles. The predicted molar refractivity (Wildman–Crippen MR) is 36.4 cm³/mol. The molecule has 0 saturated carbocycles. The van der Waals surface area contributed by atoms with Crippen LogP contribution < -0.4 is 0 Å². The Morgan fingerprint density at radius 2 is 2.29 bits per heavy atom. The summed E-state index contributed by atoms with van der Waals surface area (Å²) >= 11 is 3.27. The van der Waals surface area contributed by atoms with Crippen LogP contribution in [0.5, 0.6) is 0 Å². The molecule has 1 heteroatoms. The van der Waals surface area contributed by atoms with Gasteiger partial charge in [0.15, 0.2) is 0 Å². The van der Waals surface area contributed by atoms with Crippen LogP contribution in [0.2, 0.25) is 0 Å². The Kier molecular flexibility index (Phi) is 5.93. The van der Waals surface area contributed by atoms with Crippen molar-refractivity contribution in [1.29, 1.82) is 0 Å². The maximum absolute atomic E-state index is 5.04. The summed E-state index contributed by atoms with van der Waals surface area (Å²) in [5.74, 6) is 0. The van der Waals surface area contributed by atoms with E-state index in [0.29, 0.717) is 0 Å². The van der Waals surface area contributed by atoms with Gasteiger partial charge in [0.2, 0.25) is 0 Å². The third kappa shape index (κ3) is 5.96. The predicted octanol–water partition coefficient (Wildman–Crippen LogP) is 2.32. The fourth-order valence-corrected chi connectivity index (χ4v) is 0.502. The first-order valence-corrected chi connectivity index (χ1v) is 3.30. The Hall–Kier alpha value is -0.0400. The zero-order chi connectivity index (χ0) is 5.54. The van der Waals surface area contributed by atoms with Gasteiger partial charge in [-0.05, 0) is 6.42 Å². The second kappa shape index (κ2) is 5.96. The van der Waals surface area contributed by atoms with Gasteiger partial charge in [0.1, 0.15) is 0 Å². The topological polar surface area (TPSA) is 0 Å². The minimum Gasteiger partial charge on any atom is -0.0925 e. The van der Waals surface area contributed by atoms with E-state index in [-0.39, 0.29) is 0 Å². The summed E-state index contributed by atoms with van der Waals surface area (Å²) in [7, 11) is 0. The molecule has 0 unspecified atom stereocenters.